The number of hydrogen-bond donors (Lipinski definition) is 3. The van der Waals surface area contributed by atoms with E-state index in [1.54, 1.807) is 23.6 Å². The van der Waals surface area contributed by atoms with Gasteiger partial charge in [0.1, 0.15) is 16.2 Å². The SMILES string of the molecule is CC(C)(C(=O)O)S(=O)(=O)CC1CC1.CCn1nc(N)nc1-c1ccc(OC)cc1.CCn1nc(NC(=O)C(C)(C)S(=O)(=O)CC2CC2)nc1-c1ccc(OC)cc1. The van der Waals surface area contributed by atoms with Crippen LogP contribution in [0.3, 0.4) is 0 Å². The standard InChI is InChI=1S/C19H26N4O4S.C11H14N4O.C8H14O4S/c1-5-23-16(14-8-10-15(27-4)11-9-14)20-18(22-23)21-17(24)19(2,3)28(25,26)12-13-6-7-13;1-3-15-10(13-11(12)14-15)8-4-6-9(16-2)7-5-8;1-8(2,7(9)10)13(11,12)5-6-3-4-6/h8-11,13H,5-7,12H2,1-4H3,(H,21,22,24);4-7H,3H2,1-2H3,(H2,12,14);6H,3-5H2,1-2H3,(H,9,10). The van der Waals surface area contributed by atoms with E-state index in [0.717, 1.165) is 60.7 Å². The van der Waals surface area contributed by atoms with Gasteiger partial charge in [-0.3, -0.25) is 14.9 Å². The number of amides is 1. The Morgan fingerprint density at radius 3 is 1.53 bits per heavy atom. The predicted molar refractivity (Wildman–Crippen MR) is 217 cm³/mol. The molecule has 0 atom stereocenters. The number of benzene rings is 2. The number of nitrogens with one attached hydrogen (secondary N) is 1. The number of aryl methyl sites for hydroxylation is 2. The molecule has 2 fully saturated rings. The van der Waals surface area contributed by atoms with Crippen LogP contribution < -0.4 is 20.5 Å². The Balaban J connectivity index is 0.000000209. The Kier molecular flexibility index (Phi) is 14.1. The molecule has 2 aliphatic carbocycles. The molecule has 312 valence electrons. The molecule has 57 heavy (non-hydrogen) atoms. The third kappa shape index (κ3) is 11.1. The summed E-state index contributed by atoms with van der Waals surface area (Å²) in [6.07, 6.45) is 3.64. The molecule has 2 saturated carbocycles. The number of carbonyl (C=O) groups is 2. The number of aliphatic carboxylic acids is 1. The van der Waals surface area contributed by atoms with Crippen molar-refractivity contribution in [3.63, 3.8) is 0 Å². The van der Waals surface area contributed by atoms with Gasteiger partial charge in [0, 0.05) is 24.2 Å². The summed E-state index contributed by atoms with van der Waals surface area (Å²) in [7, 11) is -3.83. The Morgan fingerprint density at radius 2 is 1.14 bits per heavy atom. The van der Waals surface area contributed by atoms with Crippen molar-refractivity contribution in [3.05, 3.63) is 48.5 Å². The van der Waals surface area contributed by atoms with Gasteiger partial charge in [-0.15, -0.1) is 10.2 Å². The lowest BCUT2D eigenvalue weighted by Gasteiger charge is -2.22. The van der Waals surface area contributed by atoms with Gasteiger partial charge >= 0.3 is 5.97 Å². The fraction of sp³-hybridized carbons (Fsp3) is 0.526. The van der Waals surface area contributed by atoms with E-state index in [4.69, 9.17) is 20.3 Å². The fourth-order valence-electron chi connectivity index (χ4n) is 5.24. The van der Waals surface area contributed by atoms with Crippen molar-refractivity contribution in [3.8, 4) is 34.3 Å². The van der Waals surface area contributed by atoms with Crippen molar-refractivity contribution >= 4 is 43.4 Å². The number of anilines is 2. The van der Waals surface area contributed by atoms with Crippen molar-refractivity contribution in [2.75, 3.05) is 36.8 Å². The first kappa shape index (κ1) is 44.7. The van der Waals surface area contributed by atoms with Gasteiger partial charge in [-0.2, -0.15) is 9.97 Å². The van der Waals surface area contributed by atoms with Gasteiger partial charge in [0.2, 0.25) is 17.8 Å². The summed E-state index contributed by atoms with van der Waals surface area (Å²) in [5.41, 5.74) is 7.38. The van der Waals surface area contributed by atoms with Crippen LogP contribution in [0.2, 0.25) is 0 Å². The minimum atomic E-state index is -3.57. The Hall–Kier alpha value is -5.04. The summed E-state index contributed by atoms with van der Waals surface area (Å²) in [4.78, 5) is 32.0. The molecule has 2 aliphatic rings. The normalized spacial score (nSPS) is 14.4. The number of ether oxygens (including phenoxy) is 2. The highest BCUT2D eigenvalue weighted by Crippen LogP contribution is 2.35. The molecule has 2 aromatic heterocycles. The molecule has 0 unspecified atom stereocenters. The predicted octanol–water partition coefficient (Wildman–Crippen LogP) is 4.75. The van der Waals surface area contributed by atoms with Crippen LogP contribution in [0.4, 0.5) is 11.9 Å². The second-order valence-electron chi connectivity index (χ2n) is 14.9. The minimum Gasteiger partial charge on any atom is -0.497 e. The lowest BCUT2D eigenvalue weighted by Crippen LogP contribution is -2.46. The lowest BCUT2D eigenvalue weighted by atomic mass is 10.2. The van der Waals surface area contributed by atoms with E-state index >= 15 is 0 Å². The highest BCUT2D eigenvalue weighted by Gasteiger charge is 2.45. The molecular formula is C38H54N8O9S2. The van der Waals surface area contributed by atoms with Crippen LogP contribution in [-0.2, 0) is 42.4 Å². The largest absolute Gasteiger partial charge is 0.497 e. The molecule has 19 heteroatoms. The second kappa shape index (κ2) is 18.0. The monoisotopic (exact) mass is 830 g/mol. The van der Waals surface area contributed by atoms with Crippen LogP contribution in [0.15, 0.2) is 48.5 Å². The maximum atomic E-state index is 12.7. The van der Waals surface area contributed by atoms with E-state index in [9.17, 15) is 26.4 Å². The van der Waals surface area contributed by atoms with Gasteiger partial charge in [-0.05, 0) is 128 Å². The maximum absolute atomic E-state index is 12.7. The number of nitrogens with two attached hydrogens (primary N) is 1. The summed E-state index contributed by atoms with van der Waals surface area (Å²) in [6.45, 7) is 10.6. The number of nitrogen functional groups attached to an aromatic ring is 1. The Morgan fingerprint density at radius 1 is 0.737 bits per heavy atom. The van der Waals surface area contributed by atoms with Crippen molar-refractivity contribution < 1.29 is 41.0 Å². The Labute approximate surface area is 334 Å². The zero-order chi connectivity index (χ0) is 42.3. The second-order valence-corrected chi connectivity index (χ2v) is 20.0. The van der Waals surface area contributed by atoms with Crippen molar-refractivity contribution in [1.82, 2.24) is 29.5 Å². The van der Waals surface area contributed by atoms with Gasteiger partial charge < -0.3 is 20.3 Å². The molecule has 1 amide bonds. The van der Waals surface area contributed by atoms with E-state index in [0.29, 0.717) is 18.3 Å². The van der Waals surface area contributed by atoms with Gasteiger partial charge in [0.25, 0.3) is 0 Å². The van der Waals surface area contributed by atoms with Crippen LogP contribution in [-0.4, -0.2) is 98.6 Å². The van der Waals surface area contributed by atoms with Crippen LogP contribution >= 0.6 is 0 Å². The number of methoxy groups -OCH3 is 2. The lowest BCUT2D eigenvalue weighted by molar-refractivity contribution is -0.139. The van der Waals surface area contributed by atoms with E-state index in [2.05, 4.69) is 25.5 Å². The van der Waals surface area contributed by atoms with E-state index in [-0.39, 0.29) is 29.3 Å². The number of carboxylic acid groups (broad SMARTS) is 1. The molecule has 2 aromatic carbocycles. The molecule has 0 bridgehead atoms. The molecule has 0 spiro atoms. The van der Waals surface area contributed by atoms with E-state index in [1.165, 1.54) is 27.7 Å². The maximum Gasteiger partial charge on any atom is 0.324 e. The Bertz CT molecular complexity index is 2230. The highest BCUT2D eigenvalue weighted by molar-refractivity contribution is 7.93. The molecule has 4 N–H and O–H groups in total. The number of hydrogen-bond acceptors (Lipinski definition) is 13. The number of carbonyl (C=O) groups excluding carboxylic acids is 1. The highest BCUT2D eigenvalue weighted by atomic mass is 32.2. The topological polar surface area (TPSA) is 241 Å². The molecule has 2 heterocycles. The zero-order valence-corrected chi connectivity index (χ0v) is 35.4. The minimum absolute atomic E-state index is 0.0201. The number of rotatable bonds is 15. The van der Waals surface area contributed by atoms with Gasteiger partial charge in [-0.1, -0.05) is 0 Å². The van der Waals surface area contributed by atoms with Crippen molar-refractivity contribution in [1.29, 1.82) is 0 Å². The molecule has 17 nitrogen and oxygen atoms in total. The first-order chi connectivity index (χ1) is 26.7. The van der Waals surface area contributed by atoms with Crippen LogP contribution in [0.1, 0.15) is 67.2 Å². The van der Waals surface area contributed by atoms with Gasteiger partial charge in [0.05, 0.1) is 25.7 Å². The molecule has 6 rings (SSSR count). The average Bonchev–Trinajstić information content (AvgIpc) is 4.09. The molecule has 0 aliphatic heterocycles. The van der Waals surface area contributed by atoms with E-state index < -0.39 is 41.0 Å². The summed E-state index contributed by atoms with van der Waals surface area (Å²) < 4.78 is 58.9. The fourth-order valence-corrected chi connectivity index (χ4v) is 8.58. The first-order valence-electron chi connectivity index (χ1n) is 18.6. The molecule has 0 saturated heterocycles. The number of nitrogens with zero attached hydrogens (tertiary/aromatic N) is 6. The average molecular weight is 831 g/mol. The van der Waals surface area contributed by atoms with Crippen molar-refractivity contribution in [2.45, 2.75) is 89.8 Å². The number of aromatic nitrogens is 6. The third-order valence-corrected chi connectivity index (χ3v) is 15.1. The zero-order valence-electron chi connectivity index (χ0n) is 33.7. The number of carboxylic acids is 1. The molecular weight excluding hydrogens is 777 g/mol. The first-order valence-corrected chi connectivity index (χ1v) is 21.9. The summed E-state index contributed by atoms with van der Waals surface area (Å²) in [5, 5.41) is 19.7. The summed E-state index contributed by atoms with van der Waals surface area (Å²) in [6, 6.07) is 15.0. The quantitative estimate of drug-likeness (QED) is 0.147. The van der Waals surface area contributed by atoms with Crippen LogP contribution in [0.5, 0.6) is 11.5 Å². The smallest absolute Gasteiger partial charge is 0.324 e. The molecule has 4 aromatic rings. The van der Waals surface area contributed by atoms with Gasteiger partial charge in [0.15, 0.2) is 36.1 Å². The van der Waals surface area contributed by atoms with E-state index in [1.807, 2.05) is 62.4 Å². The van der Waals surface area contributed by atoms with Gasteiger partial charge in [-0.25, -0.2) is 26.2 Å². The van der Waals surface area contributed by atoms with Crippen molar-refractivity contribution in [2.24, 2.45) is 11.8 Å². The number of sulfone groups is 2. The molecule has 0 radical (unpaired) electrons. The summed E-state index contributed by atoms with van der Waals surface area (Å²) in [5.74, 6) is 1.84. The summed E-state index contributed by atoms with van der Waals surface area (Å²) >= 11 is 0. The third-order valence-electron chi connectivity index (χ3n) is 9.80. The van der Waals surface area contributed by atoms with Crippen LogP contribution in [0, 0.1) is 11.8 Å². The van der Waals surface area contributed by atoms with Crippen LogP contribution in [0.25, 0.3) is 22.8 Å².